The number of carbonyl (C=O) groups is 1. The molecule has 7 nitrogen and oxygen atoms in total. The molecule has 3 aromatic carbocycles. The van der Waals surface area contributed by atoms with Crippen LogP contribution in [0.5, 0.6) is 17.2 Å². The van der Waals surface area contributed by atoms with Crippen LogP contribution in [0.1, 0.15) is 10.4 Å². The second kappa shape index (κ2) is 8.16. The molecule has 0 spiro atoms. The van der Waals surface area contributed by atoms with Crippen molar-refractivity contribution in [2.24, 2.45) is 0 Å². The van der Waals surface area contributed by atoms with Crippen molar-refractivity contribution >= 4 is 22.6 Å². The van der Waals surface area contributed by atoms with Gasteiger partial charge in [0.05, 0.1) is 32.4 Å². The van der Waals surface area contributed by atoms with Gasteiger partial charge in [0.15, 0.2) is 11.5 Å². The second-order valence-electron chi connectivity index (χ2n) is 6.52. The third-order valence-electron chi connectivity index (χ3n) is 4.76. The van der Waals surface area contributed by atoms with Crippen molar-refractivity contribution in [3.63, 3.8) is 0 Å². The Morgan fingerprint density at radius 1 is 0.900 bits per heavy atom. The molecule has 0 atom stereocenters. The summed E-state index contributed by atoms with van der Waals surface area (Å²) in [6.07, 6.45) is 1.75. The quantitative estimate of drug-likeness (QED) is 0.519. The number of amides is 1. The standard InChI is InChI=1S/C23H21N3O4/c1-28-20-12-16(13-21(29-2)22(20)30-3)25-23(27)15-7-6-8-17(11-15)26-14-24-18-9-4-5-10-19(18)26/h4-14H,1-3H3,(H,25,27). The number of nitrogens with zero attached hydrogens (tertiary/aromatic N) is 2. The molecule has 152 valence electrons. The number of para-hydroxylation sites is 2. The number of aromatic nitrogens is 2. The van der Waals surface area contributed by atoms with Gasteiger partial charge in [-0.3, -0.25) is 9.36 Å². The van der Waals surface area contributed by atoms with E-state index >= 15 is 0 Å². The van der Waals surface area contributed by atoms with E-state index in [1.807, 2.05) is 47.0 Å². The highest BCUT2D eigenvalue weighted by molar-refractivity contribution is 6.05. The Hall–Kier alpha value is -4.00. The molecule has 30 heavy (non-hydrogen) atoms. The fraction of sp³-hybridized carbons (Fsp3) is 0.130. The molecule has 1 heterocycles. The van der Waals surface area contributed by atoms with Gasteiger partial charge in [-0.1, -0.05) is 18.2 Å². The number of carbonyl (C=O) groups excluding carboxylic acids is 1. The topological polar surface area (TPSA) is 74.6 Å². The third-order valence-corrected chi connectivity index (χ3v) is 4.76. The van der Waals surface area contributed by atoms with Gasteiger partial charge in [0.25, 0.3) is 5.91 Å². The molecule has 0 aliphatic heterocycles. The van der Waals surface area contributed by atoms with E-state index in [9.17, 15) is 4.79 Å². The number of methoxy groups -OCH3 is 3. The maximum absolute atomic E-state index is 12.9. The summed E-state index contributed by atoms with van der Waals surface area (Å²) in [4.78, 5) is 17.3. The van der Waals surface area contributed by atoms with Crippen LogP contribution in [0.25, 0.3) is 16.7 Å². The van der Waals surface area contributed by atoms with Gasteiger partial charge in [-0.25, -0.2) is 4.98 Å². The summed E-state index contributed by atoms with van der Waals surface area (Å²) >= 11 is 0. The van der Waals surface area contributed by atoms with Crippen LogP contribution in [0.4, 0.5) is 5.69 Å². The average molecular weight is 403 g/mol. The highest BCUT2D eigenvalue weighted by atomic mass is 16.5. The van der Waals surface area contributed by atoms with Crippen molar-refractivity contribution in [2.75, 3.05) is 26.6 Å². The number of nitrogens with one attached hydrogen (secondary N) is 1. The predicted molar refractivity (Wildman–Crippen MR) is 115 cm³/mol. The van der Waals surface area contributed by atoms with Crippen LogP contribution in [-0.2, 0) is 0 Å². The van der Waals surface area contributed by atoms with E-state index in [1.54, 1.807) is 24.5 Å². The average Bonchev–Trinajstić information content (AvgIpc) is 3.22. The molecule has 0 saturated heterocycles. The molecule has 4 rings (SSSR count). The molecule has 7 heteroatoms. The van der Waals surface area contributed by atoms with E-state index in [4.69, 9.17) is 14.2 Å². The lowest BCUT2D eigenvalue weighted by Crippen LogP contribution is -2.12. The third kappa shape index (κ3) is 3.53. The molecule has 4 aromatic rings. The molecular weight excluding hydrogens is 382 g/mol. The normalized spacial score (nSPS) is 10.6. The molecule has 1 aromatic heterocycles. The van der Waals surface area contributed by atoms with E-state index in [0.717, 1.165) is 16.7 Å². The fourth-order valence-corrected chi connectivity index (χ4v) is 3.32. The van der Waals surface area contributed by atoms with Gasteiger partial charge >= 0.3 is 0 Å². The van der Waals surface area contributed by atoms with Gasteiger partial charge in [-0.05, 0) is 30.3 Å². The minimum absolute atomic E-state index is 0.254. The molecule has 0 radical (unpaired) electrons. The molecule has 0 saturated carbocycles. The molecule has 0 unspecified atom stereocenters. The van der Waals surface area contributed by atoms with Crippen molar-refractivity contribution in [2.45, 2.75) is 0 Å². The summed E-state index contributed by atoms with van der Waals surface area (Å²) in [6.45, 7) is 0. The number of hydrogen-bond donors (Lipinski definition) is 1. The number of rotatable bonds is 6. The zero-order valence-electron chi connectivity index (χ0n) is 16.9. The summed E-state index contributed by atoms with van der Waals surface area (Å²) in [5.41, 5.74) is 3.76. The molecular formula is C23H21N3O4. The Morgan fingerprint density at radius 3 is 2.33 bits per heavy atom. The van der Waals surface area contributed by atoms with Crippen LogP contribution < -0.4 is 19.5 Å². The largest absolute Gasteiger partial charge is 0.493 e. The molecule has 1 N–H and O–H groups in total. The molecule has 0 bridgehead atoms. The number of anilines is 1. The lowest BCUT2D eigenvalue weighted by molar-refractivity contribution is 0.102. The smallest absolute Gasteiger partial charge is 0.255 e. The number of fused-ring (bicyclic) bond motifs is 1. The predicted octanol–water partition coefficient (Wildman–Crippen LogP) is 4.30. The highest BCUT2D eigenvalue weighted by Gasteiger charge is 2.15. The first-order chi connectivity index (χ1) is 14.6. The Morgan fingerprint density at radius 2 is 1.63 bits per heavy atom. The lowest BCUT2D eigenvalue weighted by atomic mass is 10.1. The second-order valence-corrected chi connectivity index (χ2v) is 6.52. The summed E-state index contributed by atoms with van der Waals surface area (Å²) in [6, 6.07) is 18.6. The molecule has 0 aliphatic rings. The van der Waals surface area contributed by atoms with Crippen molar-refractivity contribution in [1.82, 2.24) is 9.55 Å². The van der Waals surface area contributed by atoms with Gasteiger partial charge in [0.1, 0.15) is 6.33 Å². The Bertz CT molecular complexity index is 1190. The lowest BCUT2D eigenvalue weighted by Gasteiger charge is -2.15. The van der Waals surface area contributed by atoms with Crippen LogP contribution in [-0.4, -0.2) is 36.8 Å². The zero-order chi connectivity index (χ0) is 21.1. The summed E-state index contributed by atoms with van der Waals surface area (Å²) in [5.74, 6) is 1.14. The molecule has 0 aliphatic carbocycles. The maximum atomic E-state index is 12.9. The van der Waals surface area contributed by atoms with Crippen molar-refractivity contribution in [1.29, 1.82) is 0 Å². The van der Waals surface area contributed by atoms with Gasteiger partial charge in [0, 0.05) is 29.1 Å². The van der Waals surface area contributed by atoms with E-state index in [1.165, 1.54) is 21.3 Å². The van der Waals surface area contributed by atoms with Crippen LogP contribution in [0.3, 0.4) is 0 Å². The highest BCUT2D eigenvalue weighted by Crippen LogP contribution is 2.40. The van der Waals surface area contributed by atoms with Crippen molar-refractivity contribution < 1.29 is 19.0 Å². The Balaban J connectivity index is 1.64. The van der Waals surface area contributed by atoms with Crippen LogP contribution >= 0.6 is 0 Å². The number of benzene rings is 3. The Kier molecular flexibility index (Phi) is 5.26. The first-order valence-electron chi connectivity index (χ1n) is 9.28. The summed E-state index contributed by atoms with van der Waals surface area (Å²) in [7, 11) is 4.59. The van der Waals surface area contributed by atoms with E-state index < -0.39 is 0 Å². The van der Waals surface area contributed by atoms with Crippen LogP contribution in [0.2, 0.25) is 0 Å². The molecule has 0 fully saturated rings. The van der Waals surface area contributed by atoms with Gasteiger partial charge in [-0.2, -0.15) is 0 Å². The van der Waals surface area contributed by atoms with E-state index in [2.05, 4.69) is 10.3 Å². The Labute approximate surface area is 173 Å². The first-order valence-corrected chi connectivity index (χ1v) is 9.28. The monoisotopic (exact) mass is 403 g/mol. The minimum atomic E-state index is -0.254. The van der Waals surface area contributed by atoms with E-state index in [-0.39, 0.29) is 5.91 Å². The van der Waals surface area contributed by atoms with Crippen molar-refractivity contribution in [3.8, 4) is 22.9 Å². The van der Waals surface area contributed by atoms with Crippen molar-refractivity contribution in [3.05, 3.63) is 72.6 Å². The van der Waals surface area contributed by atoms with Crippen LogP contribution in [0.15, 0.2) is 67.0 Å². The van der Waals surface area contributed by atoms with Crippen LogP contribution in [0, 0.1) is 0 Å². The van der Waals surface area contributed by atoms with E-state index in [0.29, 0.717) is 28.5 Å². The number of hydrogen-bond acceptors (Lipinski definition) is 5. The maximum Gasteiger partial charge on any atom is 0.255 e. The van der Waals surface area contributed by atoms with Gasteiger partial charge in [-0.15, -0.1) is 0 Å². The first kappa shape index (κ1) is 19.3. The fourth-order valence-electron chi connectivity index (χ4n) is 3.32. The zero-order valence-corrected chi connectivity index (χ0v) is 16.9. The summed E-state index contributed by atoms with van der Waals surface area (Å²) in [5, 5.41) is 2.89. The number of ether oxygens (including phenoxy) is 3. The SMILES string of the molecule is COc1cc(NC(=O)c2cccc(-n3cnc4ccccc43)c2)cc(OC)c1OC. The molecule has 1 amide bonds. The van der Waals surface area contributed by atoms with Gasteiger partial charge in [0.2, 0.25) is 5.75 Å². The number of imidazole rings is 1. The minimum Gasteiger partial charge on any atom is -0.493 e. The van der Waals surface area contributed by atoms with Gasteiger partial charge < -0.3 is 19.5 Å². The summed E-state index contributed by atoms with van der Waals surface area (Å²) < 4.78 is 18.0.